The molecule has 0 radical (unpaired) electrons. The number of hydrogen-bond donors (Lipinski definition) is 3. The molecule has 8 nitrogen and oxygen atoms in total. The highest BCUT2D eigenvalue weighted by atomic mass is 35.5. The topological polar surface area (TPSA) is 95.2 Å². The fourth-order valence-electron chi connectivity index (χ4n) is 5.42. The molecule has 5 rings (SSSR count). The van der Waals surface area contributed by atoms with E-state index < -0.39 is 5.60 Å². The molecule has 3 N–H and O–H groups in total. The number of hydrogen-bond acceptors (Lipinski definition) is 6. The summed E-state index contributed by atoms with van der Waals surface area (Å²) in [5.74, 6) is 0.812. The number of halogens is 1. The summed E-state index contributed by atoms with van der Waals surface area (Å²) in [7, 11) is 0. The lowest BCUT2D eigenvalue weighted by Crippen LogP contribution is -2.49. The van der Waals surface area contributed by atoms with Crippen molar-refractivity contribution in [3.05, 3.63) is 41.8 Å². The summed E-state index contributed by atoms with van der Waals surface area (Å²) < 4.78 is 5.52. The van der Waals surface area contributed by atoms with Crippen molar-refractivity contribution >= 4 is 34.5 Å². The van der Waals surface area contributed by atoms with Gasteiger partial charge in [0.05, 0.1) is 0 Å². The summed E-state index contributed by atoms with van der Waals surface area (Å²) in [5, 5.41) is 9.02. The number of nitrogens with one attached hydrogen (secondary N) is 3. The van der Waals surface area contributed by atoms with Crippen molar-refractivity contribution in [1.29, 1.82) is 0 Å². The molecule has 3 aromatic heterocycles. The predicted molar refractivity (Wildman–Crippen MR) is 148 cm³/mol. The smallest absolute Gasteiger partial charge is 0.410 e. The van der Waals surface area contributed by atoms with E-state index in [0.29, 0.717) is 23.3 Å². The normalized spacial score (nSPS) is 21.2. The number of aromatic amines is 1. The average molecular weight is 525 g/mol. The molecule has 1 aliphatic heterocycles. The van der Waals surface area contributed by atoms with Crippen LogP contribution in [0.3, 0.4) is 0 Å². The Balaban J connectivity index is 1.11. The van der Waals surface area contributed by atoms with E-state index in [1.165, 1.54) is 0 Å². The summed E-state index contributed by atoms with van der Waals surface area (Å²) in [5.41, 5.74) is 2.51. The first-order valence-electron chi connectivity index (χ1n) is 13.3. The van der Waals surface area contributed by atoms with Crippen LogP contribution in [0.25, 0.3) is 22.2 Å². The zero-order valence-electron chi connectivity index (χ0n) is 21.9. The fourth-order valence-corrected chi connectivity index (χ4v) is 5.63. The lowest BCUT2D eigenvalue weighted by molar-refractivity contribution is 0.0194. The van der Waals surface area contributed by atoms with Crippen LogP contribution in [0.4, 0.5) is 10.6 Å². The Kier molecular flexibility index (Phi) is 7.58. The molecule has 2 aliphatic rings. The van der Waals surface area contributed by atoms with E-state index in [1.54, 1.807) is 6.20 Å². The van der Waals surface area contributed by atoms with Crippen molar-refractivity contribution in [3.8, 4) is 11.1 Å². The van der Waals surface area contributed by atoms with Crippen LogP contribution in [0.2, 0.25) is 5.15 Å². The molecule has 0 bridgehead atoms. The molecule has 1 aliphatic carbocycles. The van der Waals surface area contributed by atoms with Crippen molar-refractivity contribution in [2.75, 3.05) is 18.4 Å². The molecule has 37 heavy (non-hydrogen) atoms. The van der Waals surface area contributed by atoms with Crippen molar-refractivity contribution in [1.82, 2.24) is 25.2 Å². The summed E-state index contributed by atoms with van der Waals surface area (Å²) in [6.45, 7) is 7.23. The van der Waals surface area contributed by atoms with Crippen molar-refractivity contribution in [3.63, 3.8) is 0 Å². The standard InChI is InChI=1S/C28H37ClN6O2/c1-28(2,3)37-27(36)35-13-10-21(11-14-35)32-19-6-8-20(9-7-19)33-25-16-18(15-24(29)34-25)23-17-31-26-22(23)5-4-12-30-26/h4-5,12,15-17,19-21,32H,6-11,13-14H2,1-3H3,(H,30,31)(H,33,34). The summed E-state index contributed by atoms with van der Waals surface area (Å²) in [4.78, 5) is 26.3. The number of carbonyl (C=O) groups excluding carboxylic acids is 1. The van der Waals surface area contributed by atoms with Crippen LogP contribution >= 0.6 is 11.6 Å². The Bertz CT molecular complexity index is 1220. The Hall–Kier alpha value is -2.84. The molecule has 0 atom stereocenters. The highest BCUT2D eigenvalue weighted by Gasteiger charge is 2.29. The van der Waals surface area contributed by atoms with Gasteiger partial charge >= 0.3 is 6.09 Å². The van der Waals surface area contributed by atoms with Crippen molar-refractivity contribution in [2.24, 2.45) is 0 Å². The zero-order valence-corrected chi connectivity index (χ0v) is 22.6. The van der Waals surface area contributed by atoms with Gasteiger partial charge in [0.1, 0.15) is 22.2 Å². The monoisotopic (exact) mass is 524 g/mol. The zero-order chi connectivity index (χ0) is 26.0. The third-order valence-corrected chi connectivity index (χ3v) is 7.45. The summed E-state index contributed by atoms with van der Waals surface area (Å²) in [6, 6.07) is 9.31. The van der Waals surface area contributed by atoms with Crippen molar-refractivity contribution < 1.29 is 9.53 Å². The minimum absolute atomic E-state index is 0.198. The number of nitrogens with zero attached hydrogens (tertiary/aromatic N) is 3. The highest BCUT2D eigenvalue weighted by Crippen LogP contribution is 2.32. The lowest BCUT2D eigenvalue weighted by Gasteiger charge is -2.37. The molecule has 4 heterocycles. The van der Waals surface area contributed by atoms with Crippen LogP contribution in [0.5, 0.6) is 0 Å². The maximum atomic E-state index is 12.3. The molecule has 0 aromatic carbocycles. The molecule has 1 saturated carbocycles. The van der Waals surface area contributed by atoms with Gasteiger partial charge < -0.3 is 25.3 Å². The molecule has 0 spiro atoms. The van der Waals surface area contributed by atoms with E-state index in [9.17, 15) is 4.79 Å². The van der Waals surface area contributed by atoms with Gasteiger partial charge in [0.15, 0.2) is 0 Å². The van der Waals surface area contributed by atoms with E-state index >= 15 is 0 Å². The molecule has 0 unspecified atom stereocenters. The second kappa shape index (κ2) is 10.9. The van der Waals surface area contributed by atoms with Crippen LogP contribution < -0.4 is 10.6 Å². The molecule has 198 valence electrons. The van der Waals surface area contributed by atoms with E-state index in [1.807, 2.05) is 44.0 Å². The number of piperidine rings is 1. The van der Waals surface area contributed by atoms with Crippen LogP contribution in [0.1, 0.15) is 59.3 Å². The number of likely N-dealkylation sites (tertiary alicyclic amines) is 1. The number of anilines is 1. The number of carbonyl (C=O) groups is 1. The van der Waals surface area contributed by atoms with Gasteiger partial charge in [-0.05, 0) is 89.1 Å². The van der Waals surface area contributed by atoms with E-state index in [-0.39, 0.29) is 6.09 Å². The first-order valence-corrected chi connectivity index (χ1v) is 13.7. The van der Waals surface area contributed by atoms with Gasteiger partial charge in [-0.15, -0.1) is 0 Å². The third kappa shape index (κ3) is 6.54. The van der Waals surface area contributed by atoms with Crippen LogP contribution in [-0.4, -0.2) is 62.8 Å². The number of amides is 1. The maximum absolute atomic E-state index is 12.3. The SMILES string of the molecule is CC(C)(C)OC(=O)N1CCC(NC2CCC(Nc3cc(-c4c[nH]c5ncccc45)cc(Cl)n3)CC2)CC1. The average Bonchev–Trinajstić information content (AvgIpc) is 3.29. The van der Waals surface area contributed by atoms with Gasteiger partial charge in [-0.25, -0.2) is 14.8 Å². The number of pyridine rings is 2. The fraction of sp³-hybridized carbons (Fsp3) is 0.536. The first-order chi connectivity index (χ1) is 17.7. The highest BCUT2D eigenvalue weighted by molar-refractivity contribution is 6.29. The minimum atomic E-state index is -0.449. The minimum Gasteiger partial charge on any atom is -0.444 e. The lowest BCUT2D eigenvalue weighted by atomic mass is 9.90. The van der Waals surface area contributed by atoms with Gasteiger partial charge in [-0.2, -0.15) is 0 Å². The molecule has 3 aromatic rings. The second-order valence-electron chi connectivity index (χ2n) is 11.3. The third-order valence-electron chi connectivity index (χ3n) is 7.25. The Labute approximate surface area is 223 Å². The summed E-state index contributed by atoms with van der Waals surface area (Å²) >= 11 is 6.41. The number of rotatable bonds is 5. The van der Waals surface area contributed by atoms with Crippen LogP contribution in [0.15, 0.2) is 36.7 Å². The Morgan fingerprint density at radius 3 is 2.51 bits per heavy atom. The van der Waals surface area contributed by atoms with Gasteiger partial charge in [0.25, 0.3) is 0 Å². The Morgan fingerprint density at radius 2 is 1.78 bits per heavy atom. The Morgan fingerprint density at radius 1 is 1.08 bits per heavy atom. The van der Waals surface area contributed by atoms with Crippen LogP contribution in [-0.2, 0) is 4.74 Å². The largest absolute Gasteiger partial charge is 0.444 e. The number of aromatic nitrogens is 3. The van der Waals surface area contributed by atoms with Gasteiger partial charge in [-0.1, -0.05) is 11.6 Å². The van der Waals surface area contributed by atoms with Crippen molar-refractivity contribution in [2.45, 2.75) is 83.0 Å². The van der Waals surface area contributed by atoms with E-state index in [2.05, 4.69) is 37.7 Å². The number of H-pyrrole nitrogens is 1. The van der Waals surface area contributed by atoms with E-state index in [4.69, 9.17) is 16.3 Å². The molecule has 9 heteroatoms. The number of ether oxygens (including phenoxy) is 1. The quantitative estimate of drug-likeness (QED) is 0.355. The summed E-state index contributed by atoms with van der Waals surface area (Å²) in [6.07, 6.45) is 9.89. The molecule has 1 saturated heterocycles. The number of fused-ring (bicyclic) bond motifs is 1. The van der Waals surface area contributed by atoms with Gasteiger partial charge in [0.2, 0.25) is 0 Å². The first kappa shape index (κ1) is 25.8. The molecule has 1 amide bonds. The molecule has 2 fully saturated rings. The molecular weight excluding hydrogens is 488 g/mol. The van der Waals surface area contributed by atoms with Crippen LogP contribution in [0, 0.1) is 0 Å². The predicted octanol–water partition coefficient (Wildman–Crippen LogP) is 5.99. The van der Waals surface area contributed by atoms with E-state index in [0.717, 1.165) is 79.6 Å². The maximum Gasteiger partial charge on any atom is 0.410 e. The molecular formula is C28H37ClN6O2. The van der Waals surface area contributed by atoms with Gasteiger partial charge in [-0.3, -0.25) is 0 Å². The van der Waals surface area contributed by atoms with Gasteiger partial charge in [0, 0.05) is 54.6 Å². The second-order valence-corrected chi connectivity index (χ2v) is 11.7.